The second-order valence-electron chi connectivity index (χ2n) is 5.62. The summed E-state index contributed by atoms with van der Waals surface area (Å²) in [5.74, 6) is 1.72. The highest BCUT2D eigenvalue weighted by molar-refractivity contribution is 7.89. The highest BCUT2D eigenvalue weighted by Crippen LogP contribution is 2.33. The van der Waals surface area contributed by atoms with E-state index in [-0.39, 0.29) is 23.9 Å². The van der Waals surface area contributed by atoms with Gasteiger partial charge in [0.1, 0.15) is 23.6 Å². The molecule has 9 nitrogen and oxygen atoms in total. The summed E-state index contributed by atoms with van der Waals surface area (Å²) in [6, 6.07) is 11.5. The van der Waals surface area contributed by atoms with E-state index < -0.39 is 10.0 Å². The molecule has 2 aromatic carbocycles. The van der Waals surface area contributed by atoms with Gasteiger partial charge in [-0.25, -0.2) is 18.4 Å². The van der Waals surface area contributed by atoms with Crippen LogP contribution in [0.5, 0.6) is 11.5 Å². The molecule has 3 rings (SSSR count). The lowest BCUT2D eigenvalue weighted by molar-refractivity contribution is 0.102. The monoisotopic (exact) mass is 440 g/mol. The summed E-state index contributed by atoms with van der Waals surface area (Å²) in [5, 5.41) is 3.78. The maximum atomic E-state index is 12.1. The highest BCUT2D eigenvalue weighted by Gasteiger charge is 2.14. The summed E-state index contributed by atoms with van der Waals surface area (Å²) < 4.78 is 34.8. The van der Waals surface area contributed by atoms with Crippen molar-refractivity contribution in [1.82, 2.24) is 14.9 Å². The first-order valence-corrected chi connectivity index (χ1v) is 9.82. The summed E-state index contributed by atoms with van der Waals surface area (Å²) in [6.07, 6.45) is 1.42. The number of benzene rings is 2. The second kappa shape index (κ2) is 10.2. The molecule has 156 valence electrons. The van der Waals surface area contributed by atoms with Gasteiger partial charge in [0, 0.05) is 18.7 Å². The molecular weight excluding hydrogens is 420 g/mol. The maximum Gasteiger partial charge on any atom is 0.262 e. The highest BCUT2D eigenvalue weighted by atomic mass is 35.5. The minimum absolute atomic E-state index is 0. The van der Waals surface area contributed by atoms with E-state index in [0.717, 1.165) is 0 Å². The number of rotatable bonds is 9. The van der Waals surface area contributed by atoms with Crippen LogP contribution < -0.4 is 19.7 Å². The van der Waals surface area contributed by atoms with Gasteiger partial charge in [0.05, 0.1) is 36.6 Å². The third-order valence-electron chi connectivity index (χ3n) is 3.85. The number of ether oxygens (including phenoxy) is 2. The zero-order valence-electron chi connectivity index (χ0n) is 15.8. The summed E-state index contributed by atoms with van der Waals surface area (Å²) >= 11 is 0. The summed E-state index contributed by atoms with van der Waals surface area (Å²) in [6.45, 7) is 0.384. The van der Waals surface area contributed by atoms with E-state index in [9.17, 15) is 8.42 Å². The smallest absolute Gasteiger partial charge is 0.262 e. The van der Waals surface area contributed by atoms with Crippen LogP contribution in [0.25, 0.3) is 10.9 Å². The zero-order chi connectivity index (χ0) is 20.0. The van der Waals surface area contributed by atoms with Gasteiger partial charge in [-0.3, -0.25) is 4.84 Å². The minimum atomic E-state index is -3.72. The molecule has 11 heteroatoms. The Morgan fingerprint density at radius 2 is 1.79 bits per heavy atom. The van der Waals surface area contributed by atoms with Gasteiger partial charge in [0.15, 0.2) is 0 Å². The molecule has 0 unspecified atom stereocenters. The van der Waals surface area contributed by atoms with Gasteiger partial charge in [0.2, 0.25) is 0 Å². The standard InChI is InChI=1S/C18H20N4O5S.ClH/c1-25-13-10-15-17(16(11-13)26-2)18(21-12-20-15)19-8-9-27-22-28(23,24)14-6-4-3-5-7-14;/h3-7,10-12,22H,8-9H2,1-2H3,(H,19,20,21);1H. The first-order chi connectivity index (χ1) is 13.5. The molecule has 0 aliphatic heterocycles. The number of methoxy groups -OCH3 is 2. The Morgan fingerprint density at radius 1 is 1.03 bits per heavy atom. The van der Waals surface area contributed by atoms with Crippen molar-refractivity contribution in [1.29, 1.82) is 0 Å². The third-order valence-corrected chi connectivity index (χ3v) is 5.08. The van der Waals surface area contributed by atoms with E-state index in [2.05, 4.69) is 20.2 Å². The van der Waals surface area contributed by atoms with Crippen molar-refractivity contribution in [2.45, 2.75) is 4.90 Å². The van der Waals surface area contributed by atoms with Crippen molar-refractivity contribution in [3.05, 3.63) is 48.8 Å². The number of sulfonamides is 1. The quantitative estimate of drug-likeness (QED) is 0.385. The molecule has 0 bridgehead atoms. The van der Waals surface area contributed by atoms with Crippen molar-refractivity contribution >= 4 is 39.2 Å². The van der Waals surface area contributed by atoms with Crippen LogP contribution in [0.3, 0.4) is 0 Å². The maximum absolute atomic E-state index is 12.1. The minimum Gasteiger partial charge on any atom is -0.497 e. The van der Waals surface area contributed by atoms with E-state index in [1.54, 1.807) is 44.6 Å². The molecule has 0 spiro atoms. The molecule has 1 heterocycles. The Labute approximate surface area is 174 Å². The van der Waals surface area contributed by atoms with E-state index in [4.69, 9.17) is 14.3 Å². The molecule has 0 aliphatic carbocycles. The van der Waals surface area contributed by atoms with Crippen LogP contribution in [0.2, 0.25) is 0 Å². The van der Waals surface area contributed by atoms with E-state index in [1.165, 1.54) is 18.5 Å². The number of anilines is 1. The Morgan fingerprint density at radius 3 is 2.48 bits per heavy atom. The summed E-state index contributed by atoms with van der Waals surface area (Å²) in [7, 11) is -0.606. The molecule has 0 radical (unpaired) electrons. The first kappa shape index (κ1) is 22.6. The predicted molar refractivity (Wildman–Crippen MR) is 111 cm³/mol. The van der Waals surface area contributed by atoms with Crippen LogP contribution in [0, 0.1) is 0 Å². The molecule has 29 heavy (non-hydrogen) atoms. The van der Waals surface area contributed by atoms with Gasteiger partial charge >= 0.3 is 0 Å². The van der Waals surface area contributed by atoms with Crippen molar-refractivity contribution in [3.63, 3.8) is 0 Å². The number of nitrogens with zero attached hydrogens (tertiary/aromatic N) is 2. The number of hydrogen-bond donors (Lipinski definition) is 2. The largest absolute Gasteiger partial charge is 0.497 e. The summed E-state index contributed by atoms with van der Waals surface area (Å²) in [5.41, 5.74) is 0.652. The molecule has 3 aromatic rings. The lowest BCUT2D eigenvalue weighted by Crippen LogP contribution is -2.26. The number of hydrogen-bond acceptors (Lipinski definition) is 8. The molecule has 0 atom stereocenters. The summed E-state index contributed by atoms with van der Waals surface area (Å²) in [4.78, 5) is 15.8. The molecule has 0 fully saturated rings. The van der Waals surface area contributed by atoms with Crippen molar-refractivity contribution in [2.24, 2.45) is 0 Å². The van der Waals surface area contributed by atoms with Crippen LogP contribution in [0.15, 0.2) is 53.7 Å². The molecule has 0 aliphatic rings. The molecule has 0 amide bonds. The van der Waals surface area contributed by atoms with Gasteiger partial charge in [-0.05, 0) is 12.1 Å². The molecule has 2 N–H and O–H groups in total. The Balaban J connectivity index is 0.00000300. The van der Waals surface area contributed by atoms with Crippen LogP contribution in [-0.4, -0.2) is 45.8 Å². The average molecular weight is 441 g/mol. The van der Waals surface area contributed by atoms with Gasteiger partial charge in [0.25, 0.3) is 10.0 Å². The van der Waals surface area contributed by atoms with Gasteiger partial charge in [-0.1, -0.05) is 23.1 Å². The molecule has 0 saturated heterocycles. The van der Waals surface area contributed by atoms with Crippen molar-refractivity contribution < 1.29 is 22.7 Å². The fourth-order valence-electron chi connectivity index (χ4n) is 2.53. The van der Waals surface area contributed by atoms with Crippen LogP contribution in [0.4, 0.5) is 5.82 Å². The fourth-order valence-corrected chi connectivity index (χ4v) is 3.38. The number of nitrogens with one attached hydrogen (secondary N) is 2. The third kappa shape index (κ3) is 5.45. The van der Waals surface area contributed by atoms with Crippen LogP contribution in [0.1, 0.15) is 0 Å². The molecule has 0 saturated carbocycles. The Hall–Kier alpha value is -2.66. The number of fused-ring (bicyclic) bond motifs is 1. The zero-order valence-corrected chi connectivity index (χ0v) is 17.4. The lowest BCUT2D eigenvalue weighted by atomic mass is 10.2. The number of halogens is 1. The van der Waals surface area contributed by atoms with Crippen LogP contribution in [-0.2, 0) is 14.9 Å². The van der Waals surface area contributed by atoms with Crippen molar-refractivity contribution in [3.8, 4) is 11.5 Å². The predicted octanol–water partition coefficient (Wildman–Crippen LogP) is 2.39. The van der Waals surface area contributed by atoms with Gasteiger partial charge < -0.3 is 14.8 Å². The Bertz CT molecular complexity index is 1050. The van der Waals surface area contributed by atoms with Crippen LogP contribution >= 0.6 is 12.4 Å². The van der Waals surface area contributed by atoms with E-state index >= 15 is 0 Å². The molecular formula is C18H21ClN4O5S. The topological polar surface area (TPSA) is 112 Å². The fraction of sp³-hybridized carbons (Fsp3) is 0.222. The van der Waals surface area contributed by atoms with Crippen molar-refractivity contribution in [2.75, 3.05) is 32.7 Å². The normalized spacial score (nSPS) is 11.0. The van der Waals surface area contributed by atoms with Gasteiger partial charge in [-0.2, -0.15) is 0 Å². The second-order valence-corrected chi connectivity index (χ2v) is 7.27. The SMILES string of the molecule is COc1cc(OC)c2c(NCCONS(=O)(=O)c3ccccc3)ncnc2c1.Cl. The first-order valence-electron chi connectivity index (χ1n) is 8.34. The average Bonchev–Trinajstić information content (AvgIpc) is 2.73. The van der Waals surface area contributed by atoms with E-state index in [1.807, 2.05) is 0 Å². The molecule has 1 aromatic heterocycles. The number of aromatic nitrogens is 2. The Kier molecular flexibility index (Phi) is 7.97. The van der Waals surface area contributed by atoms with Gasteiger partial charge in [-0.15, -0.1) is 12.4 Å². The lowest BCUT2D eigenvalue weighted by Gasteiger charge is -2.13. The van der Waals surface area contributed by atoms with E-state index in [0.29, 0.717) is 34.8 Å².